The van der Waals surface area contributed by atoms with Crippen molar-refractivity contribution in [3.05, 3.63) is 71.3 Å². The molecule has 5 heteroatoms. The summed E-state index contributed by atoms with van der Waals surface area (Å²) < 4.78 is 10.1. The monoisotopic (exact) mass is 364 g/mol. The van der Waals surface area contributed by atoms with Crippen molar-refractivity contribution in [2.45, 2.75) is 13.5 Å². The van der Waals surface area contributed by atoms with Crippen LogP contribution in [0.2, 0.25) is 0 Å². The molecule has 0 fully saturated rings. The average molecular weight is 364 g/mol. The van der Waals surface area contributed by atoms with Gasteiger partial charge in [0.25, 0.3) is 0 Å². The summed E-state index contributed by atoms with van der Waals surface area (Å²) in [6.45, 7) is 2.50. The first-order chi connectivity index (χ1) is 12.7. The molecule has 3 aromatic rings. The highest BCUT2D eigenvalue weighted by Crippen LogP contribution is 2.36. The Morgan fingerprint density at radius 3 is 2.46 bits per heavy atom. The Morgan fingerprint density at radius 2 is 1.73 bits per heavy atom. The highest BCUT2D eigenvalue weighted by molar-refractivity contribution is 7.18. The summed E-state index contributed by atoms with van der Waals surface area (Å²) in [4.78, 5) is 25.5. The molecule has 1 aromatic heterocycles. The largest absolute Gasteiger partial charge is 0.462 e. The molecule has 0 atom stereocenters. The summed E-state index contributed by atoms with van der Waals surface area (Å²) in [7, 11) is 0. The van der Waals surface area contributed by atoms with E-state index in [9.17, 15) is 9.59 Å². The molecule has 26 heavy (non-hydrogen) atoms. The molecular formula is C21H16O4S. The fourth-order valence-electron chi connectivity index (χ4n) is 2.92. The number of esters is 2. The van der Waals surface area contributed by atoms with Crippen molar-refractivity contribution in [1.29, 1.82) is 0 Å². The van der Waals surface area contributed by atoms with E-state index >= 15 is 0 Å². The van der Waals surface area contributed by atoms with Crippen molar-refractivity contribution >= 4 is 23.3 Å². The van der Waals surface area contributed by atoms with Gasteiger partial charge in [-0.05, 0) is 54.4 Å². The predicted molar refractivity (Wildman–Crippen MR) is 100 cm³/mol. The third-order valence-corrected chi connectivity index (χ3v) is 5.44. The van der Waals surface area contributed by atoms with Crippen LogP contribution >= 0.6 is 11.3 Å². The average Bonchev–Trinajstić information content (AvgIpc) is 3.29. The van der Waals surface area contributed by atoms with Crippen LogP contribution < -0.4 is 0 Å². The molecule has 4 nitrogen and oxygen atoms in total. The van der Waals surface area contributed by atoms with Gasteiger partial charge in [0, 0.05) is 15.3 Å². The van der Waals surface area contributed by atoms with Crippen molar-refractivity contribution in [1.82, 2.24) is 0 Å². The molecule has 0 N–H and O–H groups in total. The number of benzene rings is 2. The molecule has 0 saturated carbocycles. The Hall–Kier alpha value is -2.92. The maximum Gasteiger partial charge on any atom is 0.338 e. The fraction of sp³-hybridized carbons (Fsp3) is 0.143. The molecule has 0 amide bonds. The van der Waals surface area contributed by atoms with Crippen LogP contribution in [-0.4, -0.2) is 18.5 Å². The Bertz CT molecular complexity index is 986. The van der Waals surface area contributed by atoms with E-state index in [1.807, 2.05) is 30.3 Å². The van der Waals surface area contributed by atoms with E-state index in [0.29, 0.717) is 24.3 Å². The Labute approximate surface area is 155 Å². The number of rotatable bonds is 4. The molecule has 1 aliphatic heterocycles. The van der Waals surface area contributed by atoms with E-state index in [1.165, 1.54) is 0 Å². The first kappa shape index (κ1) is 16.5. The number of hydrogen-bond donors (Lipinski definition) is 0. The van der Waals surface area contributed by atoms with Crippen LogP contribution in [0.5, 0.6) is 0 Å². The highest BCUT2D eigenvalue weighted by atomic mass is 32.1. The van der Waals surface area contributed by atoms with Crippen molar-refractivity contribution in [3.63, 3.8) is 0 Å². The van der Waals surface area contributed by atoms with Crippen LogP contribution in [0.1, 0.15) is 33.2 Å². The van der Waals surface area contributed by atoms with Gasteiger partial charge in [0.15, 0.2) is 0 Å². The number of fused-ring (bicyclic) bond motifs is 1. The van der Waals surface area contributed by atoms with Crippen LogP contribution in [0.3, 0.4) is 0 Å². The van der Waals surface area contributed by atoms with Gasteiger partial charge in [-0.3, -0.25) is 0 Å². The standard InChI is InChI=1S/C21H16O4S/c1-2-24-20(22)14-5-3-13(4-6-14)18-9-10-19(26-18)15-7-8-17-16(11-15)12-25-21(17)23/h3-11H,2,12H2,1H3. The molecule has 2 heterocycles. The zero-order valence-electron chi connectivity index (χ0n) is 14.2. The number of ether oxygens (including phenoxy) is 2. The SMILES string of the molecule is CCOC(=O)c1ccc(-c2ccc(-c3ccc4c(c3)COC4=O)s2)cc1. The summed E-state index contributed by atoms with van der Waals surface area (Å²) in [6.07, 6.45) is 0. The number of carbonyl (C=O) groups is 2. The minimum atomic E-state index is -0.305. The molecule has 0 saturated heterocycles. The fourth-order valence-corrected chi connectivity index (χ4v) is 3.93. The molecule has 2 aromatic carbocycles. The van der Waals surface area contributed by atoms with E-state index in [1.54, 1.807) is 30.4 Å². The van der Waals surface area contributed by atoms with Gasteiger partial charge in [-0.2, -0.15) is 0 Å². The zero-order valence-corrected chi connectivity index (χ0v) is 15.0. The van der Waals surface area contributed by atoms with Gasteiger partial charge in [0.05, 0.1) is 17.7 Å². The van der Waals surface area contributed by atoms with Gasteiger partial charge < -0.3 is 9.47 Å². The van der Waals surface area contributed by atoms with Crippen molar-refractivity contribution < 1.29 is 19.1 Å². The van der Waals surface area contributed by atoms with Gasteiger partial charge in [0.2, 0.25) is 0 Å². The van der Waals surface area contributed by atoms with Crippen LogP contribution in [0.15, 0.2) is 54.6 Å². The maximum atomic E-state index is 11.7. The predicted octanol–water partition coefficient (Wildman–Crippen LogP) is 4.93. The Kier molecular flexibility index (Phi) is 4.31. The lowest BCUT2D eigenvalue weighted by Crippen LogP contribution is -2.03. The van der Waals surface area contributed by atoms with Crippen molar-refractivity contribution in [3.8, 4) is 20.9 Å². The lowest BCUT2D eigenvalue weighted by Gasteiger charge is -2.03. The molecule has 0 bridgehead atoms. The van der Waals surface area contributed by atoms with Gasteiger partial charge in [-0.15, -0.1) is 11.3 Å². The molecule has 130 valence electrons. The number of thiophene rings is 1. The second-order valence-corrected chi connectivity index (χ2v) is 6.99. The molecule has 0 spiro atoms. The second kappa shape index (κ2) is 6.77. The van der Waals surface area contributed by atoms with Crippen molar-refractivity contribution in [2.24, 2.45) is 0 Å². The zero-order chi connectivity index (χ0) is 18.1. The number of cyclic esters (lactones) is 1. The summed E-state index contributed by atoms with van der Waals surface area (Å²) in [5, 5.41) is 0. The maximum absolute atomic E-state index is 11.7. The minimum Gasteiger partial charge on any atom is -0.462 e. The number of hydrogen-bond acceptors (Lipinski definition) is 5. The summed E-state index contributed by atoms with van der Waals surface area (Å²) in [5.74, 6) is -0.555. The third-order valence-electron chi connectivity index (χ3n) is 4.25. The first-order valence-electron chi connectivity index (χ1n) is 8.33. The van der Waals surface area contributed by atoms with E-state index < -0.39 is 0 Å². The molecular weight excluding hydrogens is 348 g/mol. The van der Waals surface area contributed by atoms with Gasteiger partial charge in [-0.1, -0.05) is 18.2 Å². The molecule has 1 aliphatic rings. The van der Waals surface area contributed by atoms with Gasteiger partial charge >= 0.3 is 11.9 Å². The Balaban J connectivity index is 1.58. The van der Waals surface area contributed by atoms with E-state index in [-0.39, 0.29) is 11.9 Å². The van der Waals surface area contributed by atoms with E-state index in [2.05, 4.69) is 12.1 Å². The third kappa shape index (κ3) is 3.02. The number of carbonyl (C=O) groups excluding carboxylic acids is 2. The Morgan fingerprint density at radius 1 is 1.04 bits per heavy atom. The lowest BCUT2D eigenvalue weighted by atomic mass is 10.1. The van der Waals surface area contributed by atoms with Crippen LogP contribution in [0, 0.1) is 0 Å². The second-order valence-electron chi connectivity index (χ2n) is 5.91. The van der Waals surface area contributed by atoms with E-state index in [4.69, 9.17) is 9.47 Å². The molecule has 0 aliphatic carbocycles. The van der Waals surface area contributed by atoms with Crippen LogP contribution in [0.25, 0.3) is 20.9 Å². The van der Waals surface area contributed by atoms with Crippen LogP contribution in [0.4, 0.5) is 0 Å². The summed E-state index contributed by atoms with van der Waals surface area (Å²) in [5.41, 5.74) is 4.26. The summed E-state index contributed by atoms with van der Waals surface area (Å²) >= 11 is 1.67. The van der Waals surface area contributed by atoms with Crippen molar-refractivity contribution in [2.75, 3.05) is 6.61 Å². The van der Waals surface area contributed by atoms with E-state index in [0.717, 1.165) is 26.4 Å². The molecule has 0 unspecified atom stereocenters. The molecule has 0 radical (unpaired) electrons. The normalized spacial score (nSPS) is 12.6. The smallest absolute Gasteiger partial charge is 0.338 e. The quantitative estimate of drug-likeness (QED) is 0.616. The minimum absolute atomic E-state index is 0.250. The van der Waals surface area contributed by atoms with Crippen LogP contribution in [-0.2, 0) is 16.1 Å². The van der Waals surface area contributed by atoms with Gasteiger partial charge in [0.1, 0.15) is 6.61 Å². The summed E-state index contributed by atoms with van der Waals surface area (Å²) in [6, 6.07) is 17.3. The highest BCUT2D eigenvalue weighted by Gasteiger charge is 2.21. The topological polar surface area (TPSA) is 52.6 Å². The first-order valence-corrected chi connectivity index (χ1v) is 9.15. The molecule has 4 rings (SSSR count). The lowest BCUT2D eigenvalue weighted by molar-refractivity contribution is 0.0520. The van der Waals surface area contributed by atoms with Gasteiger partial charge in [-0.25, -0.2) is 9.59 Å².